The zero-order chi connectivity index (χ0) is 14.0. The molecule has 0 saturated carbocycles. The maximum atomic E-state index is 12.3. The highest BCUT2D eigenvalue weighted by Crippen LogP contribution is 2.23. The molecule has 0 aromatic carbocycles. The van der Waals surface area contributed by atoms with Crippen molar-refractivity contribution in [1.29, 1.82) is 0 Å². The molecule has 0 spiro atoms. The predicted molar refractivity (Wildman–Crippen MR) is 71.8 cm³/mol. The number of aromatic nitrogens is 3. The molecule has 1 amide bonds. The van der Waals surface area contributed by atoms with E-state index in [1.165, 1.54) is 6.33 Å². The van der Waals surface area contributed by atoms with E-state index in [0.717, 1.165) is 19.4 Å². The van der Waals surface area contributed by atoms with E-state index in [2.05, 4.69) is 15.4 Å². The second-order valence-corrected chi connectivity index (χ2v) is 5.98. The molecule has 6 nitrogen and oxygen atoms in total. The van der Waals surface area contributed by atoms with Crippen molar-refractivity contribution >= 4 is 11.9 Å². The van der Waals surface area contributed by atoms with Crippen LogP contribution >= 0.6 is 0 Å². The molecule has 0 aliphatic carbocycles. The van der Waals surface area contributed by atoms with E-state index < -0.39 is 0 Å². The van der Waals surface area contributed by atoms with Crippen LogP contribution in [0, 0.1) is 5.92 Å². The number of carbonyl (C=O) groups excluding carboxylic acids is 1. The number of ether oxygens (including phenoxy) is 1. The van der Waals surface area contributed by atoms with E-state index in [1.807, 2.05) is 27.7 Å². The van der Waals surface area contributed by atoms with Crippen molar-refractivity contribution in [3.63, 3.8) is 0 Å². The summed E-state index contributed by atoms with van der Waals surface area (Å²) in [6.45, 7) is 8.73. The Kier molecular flexibility index (Phi) is 3.89. The fourth-order valence-electron chi connectivity index (χ4n) is 2.29. The summed E-state index contributed by atoms with van der Waals surface area (Å²) in [6, 6.07) is 0. The highest BCUT2D eigenvalue weighted by Gasteiger charge is 2.30. The summed E-state index contributed by atoms with van der Waals surface area (Å²) >= 11 is 0. The summed E-state index contributed by atoms with van der Waals surface area (Å²) in [6.07, 6.45) is 3.20. The Hall–Kier alpha value is -1.43. The average molecular weight is 266 g/mol. The smallest absolute Gasteiger partial charge is 0.232 e. The summed E-state index contributed by atoms with van der Waals surface area (Å²) in [5.41, 5.74) is -0.214. The third-order valence-corrected chi connectivity index (χ3v) is 3.36. The summed E-state index contributed by atoms with van der Waals surface area (Å²) in [7, 11) is 0. The Morgan fingerprint density at radius 1 is 1.53 bits per heavy atom. The third kappa shape index (κ3) is 3.12. The maximum Gasteiger partial charge on any atom is 0.232 e. The summed E-state index contributed by atoms with van der Waals surface area (Å²) in [5.74, 6) is 0.347. The van der Waals surface area contributed by atoms with Crippen LogP contribution < -0.4 is 5.32 Å². The number of amides is 1. The molecular formula is C13H22N4O2. The topological polar surface area (TPSA) is 69.0 Å². The van der Waals surface area contributed by atoms with E-state index in [0.29, 0.717) is 5.95 Å². The van der Waals surface area contributed by atoms with E-state index in [-0.39, 0.29) is 23.5 Å². The Morgan fingerprint density at radius 3 is 2.89 bits per heavy atom. The molecular weight excluding hydrogens is 244 g/mol. The van der Waals surface area contributed by atoms with Crippen LogP contribution in [0.2, 0.25) is 0 Å². The van der Waals surface area contributed by atoms with Crippen LogP contribution in [0.4, 0.5) is 5.95 Å². The fourth-order valence-corrected chi connectivity index (χ4v) is 2.29. The van der Waals surface area contributed by atoms with Crippen LogP contribution in [0.15, 0.2) is 6.33 Å². The molecule has 2 rings (SSSR count). The lowest BCUT2D eigenvalue weighted by Gasteiger charge is -2.28. The monoisotopic (exact) mass is 266 g/mol. The average Bonchev–Trinajstić information content (AvgIpc) is 2.77. The molecule has 2 unspecified atom stereocenters. The molecule has 2 atom stereocenters. The van der Waals surface area contributed by atoms with Gasteiger partial charge in [0, 0.05) is 6.61 Å². The van der Waals surface area contributed by atoms with Gasteiger partial charge in [-0.25, -0.2) is 4.68 Å². The van der Waals surface area contributed by atoms with Gasteiger partial charge in [0.15, 0.2) is 0 Å². The van der Waals surface area contributed by atoms with E-state index in [4.69, 9.17) is 4.74 Å². The predicted octanol–water partition coefficient (Wildman–Crippen LogP) is 1.79. The van der Waals surface area contributed by atoms with Gasteiger partial charge >= 0.3 is 0 Å². The van der Waals surface area contributed by atoms with E-state index in [1.54, 1.807) is 4.68 Å². The maximum absolute atomic E-state index is 12.3. The SMILES string of the molecule is CC1OCCCC1C(=O)Nc1ncnn1C(C)(C)C. The van der Waals surface area contributed by atoms with Crippen molar-refractivity contribution in [3.05, 3.63) is 6.33 Å². The lowest BCUT2D eigenvalue weighted by Crippen LogP contribution is -2.37. The first-order chi connectivity index (χ1) is 8.89. The van der Waals surface area contributed by atoms with Gasteiger partial charge in [0.2, 0.25) is 11.9 Å². The van der Waals surface area contributed by atoms with Crippen molar-refractivity contribution in [2.24, 2.45) is 5.92 Å². The van der Waals surface area contributed by atoms with Crippen LogP contribution in [-0.4, -0.2) is 33.4 Å². The molecule has 2 heterocycles. The Morgan fingerprint density at radius 2 is 2.26 bits per heavy atom. The lowest BCUT2D eigenvalue weighted by molar-refractivity contribution is -0.127. The normalized spacial score (nSPS) is 24.2. The number of carbonyl (C=O) groups is 1. The van der Waals surface area contributed by atoms with Gasteiger partial charge in [-0.3, -0.25) is 10.1 Å². The zero-order valence-corrected chi connectivity index (χ0v) is 12.0. The number of rotatable bonds is 2. The first-order valence-corrected chi connectivity index (χ1v) is 6.72. The first-order valence-electron chi connectivity index (χ1n) is 6.72. The Balaban J connectivity index is 2.09. The summed E-state index contributed by atoms with van der Waals surface area (Å²) in [5, 5.41) is 7.03. The molecule has 1 aliphatic rings. The van der Waals surface area contributed by atoms with Gasteiger partial charge < -0.3 is 4.74 Å². The molecule has 1 aromatic heterocycles. The number of hydrogen-bond donors (Lipinski definition) is 1. The van der Waals surface area contributed by atoms with Crippen molar-refractivity contribution in [1.82, 2.24) is 14.8 Å². The van der Waals surface area contributed by atoms with Gasteiger partial charge in [-0.1, -0.05) is 0 Å². The molecule has 0 radical (unpaired) electrons. The van der Waals surface area contributed by atoms with E-state index in [9.17, 15) is 4.79 Å². The standard InChI is InChI=1S/C13H22N4O2/c1-9-10(6-5-7-19-9)11(18)16-12-14-8-15-17(12)13(2,3)4/h8-10H,5-7H2,1-4H3,(H,14,15,16,18). The highest BCUT2D eigenvalue weighted by molar-refractivity contribution is 5.91. The number of anilines is 1. The van der Waals surface area contributed by atoms with Crippen molar-refractivity contribution in [3.8, 4) is 0 Å². The largest absolute Gasteiger partial charge is 0.378 e. The Bertz CT molecular complexity index is 450. The Labute approximate surface area is 113 Å². The van der Waals surface area contributed by atoms with Gasteiger partial charge in [-0.05, 0) is 40.5 Å². The van der Waals surface area contributed by atoms with Gasteiger partial charge in [0.05, 0.1) is 17.6 Å². The van der Waals surface area contributed by atoms with Crippen LogP contribution in [0.25, 0.3) is 0 Å². The molecule has 1 aromatic rings. The van der Waals surface area contributed by atoms with Gasteiger partial charge in [0.1, 0.15) is 6.33 Å². The van der Waals surface area contributed by atoms with Gasteiger partial charge in [-0.15, -0.1) is 0 Å². The number of nitrogens with zero attached hydrogens (tertiary/aromatic N) is 3. The number of hydrogen-bond acceptors (Lipinski definition) is 4. The zero-order valence-electron chi connectivity index (χ0n) is 12.0. The summed E-state index contributed by atoms with van der Waals surface area (Å²) in [4.78, 5) is 16.4. The quantitative estimate of drug-likeness (QED) is 0.886. The second kappa shape index (κ2) is 5.28. The highest BCUT2D eigenvalue weighted by atomic mass is 16.5. The van der Waals surface area contributed by atoms with Crippen molar-refractivity contribution < 1.29 is 9.53 Å². The summed E-state index contributed by atoms with van der Waals surface area (Å²) < 4.78 is 7.25. The minimum atomic E-state index is -0.214. The van der Waals surface area contributed by atoms with Crippen LogP contribution in [0.3, 0.4) is 0 Å². The van der Waals surface area contributed by atoms with Crippen LogP contribution in [-0.2, 0) is 15.1 Å². The molecule has 1 fully saturated rings. The second-order valence-electron chi connectivity index (χ2n) is 5.98. The minimum absolute atomic E-state index is 0.0364. The first kappa shape index (κ1) is 14.0. The van der Waals surface area contributed by atoms with Crippen LogP contribution in [0.1, 0.15) is 40.5 Å². The van der Waals surface area contributed by atoms with Gasteiger partial charge in [-0.2, -0.15) is 10.1 Å². The fraction of sp³-hybridized carbons (Fsp3) is 0.769. The van der Waals surface area contributed by atoms with Crippen LogP contribution in [0.5, 0.6) is 0 Å². The molecule has 1 aliphatic heterocycles. The molecule has 19 heavy (non-hydrogen) atoms. The molecule has 1 N–H and O–H groups in total. The molecule has 6 heteroatoms. The number of nitrogens with one attached hydrogen (secondary N) is 1. The lowest BCUT2D eigenvalue weighted by atomic mass is 9.94. The van der Waals surface area contributed by atoms with Crippen molar-refractivity contribution in [2.45, 2.75) is 52.2 Å². The van der Waals surface area contributed by atoms with Gasteiger partial charge in [0.25, 0.3) is 0 Å². The molecule has 1 saturated heterocycles. The van der Waals surface area contributed by atoms with Crippen molar-refractivity contribution in [2.75, 3.05) is 11.9 Å². The molecule has 0 bridgehead atoms. The van der Waals surface area contributed by atoms with E-state index >= 15 is 0 Å². The third-order valence-electron chi connectivity index (χ3n) is 3.36. The molecule has 106 valence electrons. The minimum Gasteiger partial charge on any atom is -0.378 e.